The van der Waals surface area contributed by atoms with Gasteiger partial charge in [0.25, 0.3) is 0 Å². The van der Waals surface area contributed by atoms with Gasteiger partial charge in [-0.1, -0.05) is 12.2 Å². The van der Waals surface area contributed by atoms with Gasteiger partial charge in [-0.15, -0.1) is 0 Å². The number of rotatable bonds is 2. The molecule has 0 aromatic carbocycles. The zero-order chi connectivity index (χ0) is 12.6. The Morgan fingerprint density at radius 1 is 0.722 bits per heavy atom. The number of allylic oxidation sites excluding steroid dienone is 2. The molecule has 18 heavy (non-hydrogen) atoms. The fraction of sp³-hybridized carbons (Fsp3) is 0.875. The minimum Gasteiger partial charge on any atom is -0.305 e. The highest BCUT2D eigenvalue weighted by atomic mass is 15.2. The van der Waals surface area contributed by atoms with E-state index in [1.807, 2.05) is 0 Å². The molecule has 3 saturated carbocycles. The molecular formula is C16H26N2. The Morgan fingerprint density at radius 3 is 1.56 bits per heavy atom. The van der Waals surface area contributed by atoms with Crippen molar-refractivity contribution in [1.82, 2.24) is 9.80 Å². The Morgan fingerprint density at radius 2 is 1.17 bits per heavy atom. The third-order valence-corrected chi connectivity index (χ3v) is 6.54. The van der Waals surface area contributed by atoms with E-state index >= 15 is 0 Å². The van der Waals surface area contributed by atoms with Gasteiger partial charge in [-0.3, -0.25) is 0 Å². The summed E-state index contributed by atoms with van der Waals surface area (Å²) < 4.78 is 0. The Kier molecular flexibility index (Phi) is 2.30. The van der Waals surface area contributed by atoms with Crippen molar-refractivity contribution in [2.45, 2.75) is 24.9 Å². The van der Waals surface area contributed by atoms with Crippen LogP contribution in [0.25, 0.3) is 0 Å². The highest BCUT2D eigenvalue weighted by Crippen LogP contribution is 2.66. The van der Waals surface area contributed by atoms with E-state index in [4.69, 9.17) is 0 Å². The molecule has 4 bridgehead atoms. The van der Waals surface area contributed by atoms with Crippen LogP contribution in [0, 0.1) is 35.5 Å². The lowest BCUT2D eigenvalue weighted by Gasteiger charge is -2.46. The minimum atomic E-state index is 0.791. The van der Waals surface area contributed by atoms with E-state index in [9.17, 15) is 0 Å². The molecule has 2 nitrogen and oxygen atoms in total. The molecule has 3 fully saturated rings. The SMILES string of the molecule is CN(C)C1C2CC(C3C4C=CC(C4)C23)C1N(C)C. The third kappa shape index (κ3) is 1.21. The number of hydrogen-bond acceptors (Lipinski definition) is 2. The van der Waals surface area contributed by atoms with Crippen LogP contribution >= 0.6 is 0 Å². The zero-order valence-corrected chi connectivity index (χ0v) is 12.1. The van der Waals surface area contributed by atoms with Crippen molar-refractivity contribution in [3.8, 4) is 0 Å². The predicted octanol–water partition coefficient (Wildman–Crippen LogP) is 1.93. The minimum absolute atomic E-state index is 0.791. The third-order valence-electron chi connectivity index (χ3n) is 6.54. The smallest absolute Gasteiger partial charge is 0.0279 e. The van der Waals surface area contributed by atoms with Crippen LogP contribution in [0.2, 0.25) is 0 Å². The first-order valence-electron chi connectivity index (χ1n) is 7.60. The van der Waals surface area contributed by atoms with E-state index in [1.165, 1.54) is 12.8 Å². The number of likely N-dealkylation sites (N-methyl/N-ethyl adjacent to an activating group) is 2. The molecule has 100 valence electrons. The zero-order valence-electron chi connectivity index (χ0n) is 12.1. The summed E-state index contributed by atoms with van der Waals surface area (Å²) >= 11 is 0. The lowest BCUT2D eigenvalue weighted by atomic mass is 9.69. The average molecular weight is 246 g/mol. The van der Waals surface area contributed by atoms with Crippen LogP contribution in [0.5, 0.6) is 0 Å². The van der Waals surface area contributed by atoms with E-state index in [0.29, 0.717) is 0 Å². The largest absolute Gasteiger partial charge is 0.305 e. The molecule has 4 aliphatic carbocycles. The quantitative estimate of drug-likeness (QED) is 0.543. The lowest BCUT2D eigenvalue weighted by Crippen LogP contribution is -2.55. The fourth-order valence-electron chi connectivity index (χ4n) is 6.35. The summed E-state index contributed by atoms with van der Waals surface area (Å²) in [7, 11) is 9.17. The summed E-state index contributed by atoms with van der Waals surface area (Å²) in [5.41, 5.74) is 0. The topological polar surface area (TPSA) is 6.48 Å². The lowest BCUT2D eigenvalue weighted by molar-refractivity contribution is 0.0330. The van der Waals surface area contributed by atoms with E-state index in [2.05, 4.69) is 50.1 Å². The van der Waals surface area contributed by atoms with Crippen LogP contribution in [0.3, 0.4) is 0 Å². The molecule has 0 heterocycles. The van der Waals surface area contributed by atoms with Gasteiger partial charge in [-0.25, -0.2) is 0 Å². The Hall–Kier alpha value is -0.340. The molecule has 0 aromatic heterocycles. The molecule has 0 N–H and O–H groups in total. The standard InChI is InChI=1S/C16H26N2/c1-17(2)15-11-8-12(16(15)18(3)4)14-10-6-5-9(7-10)13(11)14/h5-6,9-16H,7-8H2,1-4H3. The van der Waals surface area contributed by atoms with Crippen LogP contribution in [0.4, 0.5) is 0 Å². The predicted molar refractivity (Wildman–Crippen MR) is 74.3 cm³/mol. The van der Waals surface area contributed by atoms with E-state index < -0.39 is 0 Å². The highest BCUT2D eigenvalue weighted by Gasteiger charge is 2.65. The van der Waals surface area contributed by atoms with Crippen LogP contribution in [-0.4, -0.2) is 50.1 Å². The molecule has 0 aromatic rings. The van der Waals surface area contributed by atoms with Gasteiger partial charge >= 0.3 is 0 Å². The molecule has 0 saturated heterocycles. The molecule has 0 aliphatic heterocycles. The van der Waals surface area contributed by atoms with Crippen molar-refractivity contribution in [3.63, 3.8) is 0 Å². The van der Waals surface area contributed by atoms with Crippen LogP contribution < -0.4 is 0 Å². The van der Waals surface area contributed by atoms with Crippen LogP contribution in [0.1, 0.15) is 12.8 Å². The number of hydrogen-bond donors (Lipinski definition) is 0. The molecule has 0 spiro atoms. The first-order valence-corrected chi connectivity index (χ1v) is 7.60. The van der Waals surface area contributed by atoms with Gasteiger partial charge in [0.2, 0.25) is 0 Å². The van der Waals surface area contributed by atoms with Gasteiger partial charge in [0, 0.05) is 12.1 Å². The van der Waals surface area contributed by atoms with Crippen LogP contribution in [0.15, 0.2) is 12.2 Å². The Bertz CT molecular complexity index is 353. The van der Waals surface area contributed by atoms with E-state index in [0.717, 1.165) is 47.6 Å². The second-order valence-corrected chi connectivity index (χ2v) is 7.57. The van der Waals surface area contributed by atoms with Gasteiger partial charge in [0.15, 0.2) is 0 Å². The van der Waals surface area contributed by atoms with Gasteiger partial charge in [-0.05, 0) is 76.5 Å². The number of nitrogens with zero attached hydrogens (tertiary/aromatic N) is 2. The Labute approximate surface area is 111 Å². The molecular weight excluding hydrogens is 220 g/mol. The monoisotopic (exact) mass is 246 g/mol. The van der Waals surface area contributed by atoms with Gasteiger partial charge in [-0.2, -0.15) is 0 Å². The molecule has 4 rings (SSSR count). The average Bonchev–Trinajstić information content (AvgIpc) is 3.04. The molecule has 4 aliphatic rings. The summed E-state index contributed by atoms with van der Waals surface area (Å²) in [4.78, 5) is 5.03. The van der Waals surface area contributed by atoms with Crippen molar-refractivity contribution in [2.24, 2.45) is 35.5 Å². The van der Waals surface area contributed by atoms with E-state index in [-0.39, 0.29) is 0 Å². The molecule has 0 radical (unpaired) electrons. The van der Waals surface area contributed by atoms with Crippen molar-refractivity contribution >= 4 is 0 Å². The molecule has 2 heteroatoms. The summed E-state index contributed by atoms with van der Waals surface area (Å²) in [5.74, 6) is 5.83. The highest BCUT2D eigenvalue weighted by molar-refractivity contribution is 5.24. The maximum absolute atomic E-state index is 2.55. The summed E-state index contributed by atoms with van der Waals surface area (Å²) in [6.07, 6.45) is 8.06. The fourth-order valence-corrected chi connectivity index (χ4v) is 6.35. The van der Waals surface area contributed by atoms with E-state index in [1.54, 1.807) is 0 Å². The Balaban J connectivity index is 1.72. The van der Waals surface area contributed by atoms with Crippen molar-refractivity contribution < 1.29 is 0 Å². The van der Waals surface area contributed by atoms with Gasteiger partial charge in [0.05, 0.1) is 0 Å². The maximum atomic E-state index is 2.55. The molecule has 0 amide bonds. The summed E-state index contributed by atoms with van der Waals surface area (Å²) in [6.45, 7) is 0. The first-order chi connectivity index (χ1) is 8.59. The second kappa shape index (κ2) is 3.61. The van der Waals surface area contributed by atoms with Crippen LogP contribution in [-0.2, 0) is 0 Å². The second-order valence-electron chi connectivity index (χ2n) is 7.57. The maximum Gasteiger partial charge on any atom is 0.0279 e. The first kappa shape index (κ1) is 11.5. The number of fused-ring (bicyclic) bond motifs is 9. The normalized spacial score (nSPS) is 56.1. The molecule has 8 atom stereocenters. The van der Waals surface area contributed by atoms with Gasteiger partial charge < -0.3 is 9.80 Å². The summed E-state index contributed by atoms with van der Waals surface area (Å²) in [5, 5.41) is 0. The molecule has 8 unspecified atom stereocenters. The van der Waals surface area contributed by atoms with Crippen molar-refractivity contribution in [1.29, 1.82) is 0 Å². The summed E-state index contributed by atoms with van der Waals surface area (Å²) in [6, 6.07) is 1.58. The van der Waals surface area contributed by atoms with Gasteiger partial charge in [0.1, 0.15) is 0 Å². The van der Waals surface area contributed by atoms with Crippen molar-refractivity contribution in [2.75, 3.05) is 28.2 Å². The van der Waals surface area contributed by atoms with Crippen molar-refractivity contribution in [3.05, 3.63) is 12.2 Å².